The number of nitrogens with zero attached hydrogens (tertiary/aromatic N) is 1. The fourth-order valence-corrected chi connectivity index (χ4v) is 1.38. The zero-order valence-corrected chi connectivity index (χ0v) is 9.09. The van der Waals surface area contributed by atoms with E-state index in [1.807, 2.05) is 12.1 Å². The molecule has 1 aromatic rings. The summed E-state index contributed by atoms with van der Waals surface area (Å²) in [4.78, 5) is 0. The minimum absolute atomic E-state index is 0.0410. The van der Waals surface area contributed by atoms with Gasteiger partial charge in [0.2, 0.25) is 0 Å². The molecule has 0 aliphatic rings. The molecule has 0 saturated heterocycles. The van der Waals surface area contributed by atoms with E-state index in [4.69, 9.17) is 10.00 Å². The molecule has 1 rings (SSSR count). The summed E-state index contributed by atoms with van der Waals surface area (Å²) in [6.45, 7) is 6.37. The number of hydrogen-bond acceptors (Lipinski definition) is 2. The molecule has 0 fully saturated rings. The fourth-order valence-electron chi connectivity index (χ4n) is 1.38. The second-order valence-corrected chi connectivity index (χ2v) is 4.28. The van der Waals surface area contributed by atoms with Gasteiger partial charge in [0.25, 0.3) is 0 Å². The maximum Gasteiger partial charge on any atom is 0.123 e. The Hall–Kier alpha value is -1.49. The predicted octanol–water partition coefficient (Wildman–Crippen LogP) is 2.86. The Morgan fingerprint density at radius 2 is 1.93 bits per heavy atom. The Labute approximate surface area is 85.1 Å². The highest BCUT2D eigenvalue weighted by Gasteiger charge is 2.18. The molecule has 0 amide bonds. The Morgan fingerprint density at radius 3 is 2.36 bits per heavy atom. The Kier molecular flexibility index (Phi) is 2.81. The lowest BCUT2D eigenvalue weighted by molar-refractivity contribution is 0.397. The third-order valence-corrected chi connectivity index (χ3v) is 2.14. The molecule has 0 aromatic heterocycles. The van der Waals surface area contributed by atoms with E-state index in [9.17, 15) is 0 Å². The van der Waals surface area contributed by atoms with Crippen LogP contribution in [0.2, 0.25) is 0 Å². The first-order valence-electron chi connectivity index (χ1n) is 4.57. The number of nitriles is 1. The minimum atomic E-state index is 0.0410. The normalized spacial score (nSPS) is 10.8. The van der Waals surface area contributed by atoms with E-state index in [0.717, 1.165) is 11.3 Å². The molecular weight excluding hydrogens is 174 g/mol. The molecule has 0 atom stereocenters. The van der Waals surface area contributed by atoms with Gasteiger partial charge in [0.05, 0.1) is 18.7 Å². The predicted molar refractivity (Wildman–Crippen MR) is 56.4 cm³/mol. The summed E-state index contributed by atoms with van der Waals surface area (Å²) in [6.07, 6.45) is 0. The maximum atomic E-state index is 8.75. The van der Waals surface area contributed by atoms with E-state index in [2.05, 4.69) is 26.8 Å². The summed E-state index contributed by atoms with van der Waals surface area (Å²) in [5.41, 5.74) is 1.80. The number of rotatable bonds is 1. The summed E-state index contributed by atoms with van der Waals surface area (Å²) < 4.78 is 5.26. The quantitative estimate of drug-likeness (QED) is 0.680. The van der Waals surface area contributed by atoms with Gasteiger partial charge in [-0.05, 0) is 23.1 Å². The SMILES string of the molecule is COc1cc(C#N)ccc1C(C)(C)C. The number of methoxy groups -OCH3 is 1. The van der Waals surface area contributed by atoms with Crippen molar-refractivity contribution in [2.24, 2.45) is 0 Å². The molecule has 0 aliphatic heterocycles. The second kappa shape index (κ2) is 3.71. The van der Waals surface area contributed by atoms with Crippen LogP contribution >= 0.6 is 0 Å². The molecule has 0 spiro atoms. The fraction of sp³-hybridized carbons (Fsp3) is 0.417. The van der Waals surface area contributed by atoms with E-state index >= 15 is 0 Å². The molecule has 2 nitrogen and oxygen atoms in total. The molecule has 0 radical (unpaired) electrons. The van der Waals surface area contributed by atoms with Gasteiger partial charge in [-0.25, -0.2) is 0 Å². The first kappa shape index (κ1) is 10.6. The smallest absolute Gasteiger partial charge is 0.123 e. The van der Waals surface area contributed by atoms with Crippen molar-refractivity contribution < 1.29 is 4.74 Å². The van der Waals surface area contributed by atoms with E-state index in [1.54, 1.807) is 13.2 Å². The monoisotopic (exact) mass is 189 g/mol. The number of benzene rings is 1. The van der Waals surface area contributed by atoms with Gasteiger partial charge in [0, 0.05) is 0 Å². The molecule has 14 heavy (non-hydrogen) atoms. The summed E-state index contributed by atoms with van der Waals surface area (Å²) in [7, 11) is 1.63. The van der Waals surface area contributed by atoms with Crippen LogP contribution < -0.4 is 4.74 Å². The molecule has 0 heterocycles. The van der Waals surface area contributed by atoms with E-state index in [0.29, 0.717) is 5.56 Å². The van der Waals surface area contributed by atoms with Crippen LogP contribution in [0.15, 0.2) is 18.2 Å². The largest absolute Gasteiger partial charge is 0.496 e. The summed E-state index contributed by atoms with van der Waals surface area (Å²) in [6, 6.07) is 7.66. The first-order chi connectivity index (χ1) is 6.49. The molecule has 0 saturated carbocycles. The van der Waals surface area contributed by atoms with Gasteiger partial charge in [0.15, 0.2) is 0 Å². The maximum absolute atomic E-state index is 8.75. The Balaban J connectivity index is 3.27. The van der Waals surface area contributed by atoms with Gasteiger partial charge >= 0.3 is 0 Å². The highest BCUT2D eigenvalue weighted by atomic mass is 16.5. The summed E-state index contributed by atoms with van der Waals surface area (Å²) >= 11 is 0. The van der Waals surface area contributed by atoms with Crippen molar-refractivity contribution in [2.75, 3.05) is 7.11 Å². The van der Waals surface area contributed by atoms with Crippen molar-refractivity contribution in [1.29, 1.82) is 5.26 Å². The van der Waals surface area contributed by atoms with E-state index < -0.39 is 0 Å². The van der Waals surface area contributed by atoms with Crippen LogP contribution in [-0.2, 0) is 5.41 Å². The lowest BCUT2D eigenvalue weighted by Gasteiger charge is -2.21. The van der Waals surface area contributed by atoms with Crippen LogP contribution in [0.1, 0.15) is 31.9 Å². The molecule has 0 aliphatic carbocycles. The van der Waals surface area contributed by atoms with E-state index in [1.165, 1.54) is 0 Å². The number of ether oxygens (including phenoxy) is 1. The first-order valence-corrected chi connectivity index (χ1v) is 4.57. The van der Waals surface area contributed by atoms with Gasteiger partial charge in [-0.3, -0.25) is 0 Å². The zero-order chi connectivity index (χ0) is 10.8. The summed E-state index contributed by atoms with van der Waals surface area (Å²) in [5.74, 6) is 0.788. The molecule has 0 unspecified atom stereocenters. The van der Waals surface area contributed by atoms with Gasteiger partial charge in [0.1, 0.15) is 5.75 Å². The minimum Gasteiger partial charge on any atom is -0.496 e. The van der Waals surface area contributed by atoms with Crippen molar-refractivity contribution in [1.82, 2.24) is 0 Å². The van der Waals surface area contributed by atoms with Crippen LogP contribution in [0.3, 0.4) is 0 Å². The Morgan fingerprint density at radius 1 is 1.29 bits per heavy atom. The standard InChI is InChI=1S/C12H15NO/c1-12(2,3)10-6-5-9(8-13)7-11(10)14-4/h5-7H,1-4H3. The van der Waals surface area contributed by atoms with Crippen molar-refractivity contribution in [3.63, 3.8) is 0 Å². The van der Waals surface area contributed by atoms with Gasteiger partial charge in [-0.15, -0.1) is 0 Å². The number of hydrogen-bond donors (Lipinski definition) is 0. The average molecular weight is 189 g/mol. The van der Waals surface area contributed by atoms with Crippen molar-refractivity contribution >= 4 is 0 Å². The van der Waals surface area contributed by atoms with E-state index in [-0.39, 0.29) is 5.41 Å². The van der Waals surface area contributed by atoms with Gasteiger partial charge in [-0.1, -0.05) is 26.8 Å². The molecular formula is C12H15NO. The van der Waals surface area contributed by atoms with Crippen LogP contribution in [-0.4, -0.2) is 7.11 Å². The molecule has 2 heteroatoms. The second-order valence-electron chi connectivity index (χ2n) is 4.28. The lowest BCUT2D eigenvalue weighted by atomic mass is 9.86. The lowest BCUT2D eigenvalue weighted by Crippen LogP contribution is -2.12. The molecule has 0 N–H and O–H groups in total. The van der Waals surface area contributed by atoms with Crippen LogP contribution in [0.4, 0.5) is 0 Å². The van der Waals surface area contributed by atoms with Crippen LogP contribution in [0.5, 0.6) is 5.75 Å². The zero-order valence-electron chi connectivity index (χ0n) is 9.09. The molecule has 74 valence electrons. The highest BCUT2D eigenvalue weighted by molar-refractivity contribution is 5.45. The molecule has 1 aromatic carbocycles. The Bertz CT molecular complexity index is 369. The van der Waals surface area contributed by atoms with Crippen molar-refractivity contribution in [3.05, 3.63) is 29.3 Å². The summed E-state index contributed by atoms with van der Waals surface area (Å²) in [5, 5.41) is 8.75. The third kappa shape index (κ3) is 2.05. The topological polar surface area (TPSA) is 33.0 Å². The van der Waals surface area contributed by atoms with Gasteiger partial charge < -0.3 is 4.74 Å². The highest BCUT2D eigenvalue weighted by Crippen LogP contribution is 2.31. The third-order valence-electron chi connectivity index (χ3n) is 2.14. The van der Waals surface area contributed by atoms with Crippen LogP contribution in [0, 0.1) is 11.3 Å². The molecule has 0 bridgehead atoms. The van der Waals surface area contributed by atoms with Crippen molar-refractivity contribution in [2.45, 2.75) is 26.2 Å². The van der Waals surface area contributed by atoms with Crippen LogP contribution in [0.25, 0.3) is 0 Å². The van der Waals surface area contributed by atoms with Crippen molar-refractivity contribution in [3.8, 4) is 11.8 Å². The van der Waals surface area contributed by atoms with Gasteiger partial charge in [-0.2, -0.15) is 5.26 Å². The average Bonchev–Trinajstić information content (AvgIpc) is 2.15.